The van der Waals surface area contributed by atoms with E-state index in [1.807, 2.05) is 0 Å². The molecule has 1 aromatic heterocycles. The summed E-state index contributed by atoms with van der Waals surface area (Å²) in [6.07, 6.45) is -4.22. The van der Waals surface area contributed by atoms with Gasteiger partial charge in [-0.2, -0.15) is 0 Å². The molecule has 0 N–H and O–H groups in total. The van der Waals surface area contributed by atoms with Crippen molar-refractivity contribution in [1.29, 1.82) is 0 Å². The van der Waals surface area contributed by atoms with E-state index in [1.165, 1.54) is 22.6 Å². The van der Waals surface area contributed by atoms with E-state index in [-0.39, 0.29) is 21.1 Å². The normalized spacial score (nSPS) is 11.3. The lowest BCUT2D eigenvalue weighted by molar-refractivity contribution is -0.276. The predicted octanol–water partition coefficient (Wildman–Crippen LogP) is 2.77. The Kier molecular flexibility index (Phi) is 5.32. The molecule has 0 atom stereocenters. The molecule has 1 rings (SSSR count). The van der Waals surface area contributed by atoms with Crippen LogP contribution in [-0.4, -0.2) is 24.4 Å². The molecule has 4 nitrogen and oxygen atoms in total. The van der Waals surface area contributed by atoms with E-state index < -0.39 is 24.9 Å². The van der Waals surface area contributed by atoms with Crippen molar-refractivity contribution in [3.63, 3.8) is 0 Å². The molecule has 1 heterocycles. The fourth-order valence-corrected chi connectivity index (χ4v) is 1.99. The topological polar surface area (TPSA) is 48.4 Å². The van der Waals surface area contributed by atoms with Crippen LogP contribution in [0.3, 0.4) is 0 Å². The van der Waals surface area contributed by atoms with Gasteiger partial charge in [-0.3, -0.25) is 4.79 Å². The molecule has 0 saturated carbocycles. The van der Waals surface area contributed by atoms with E-state index in [9.17, 15) is 22.4 Å². The van der Waals surface area contributed by atoms with Crippen molar-refractivity contribution < 1.29 is 31.8 Å². The smallest absolute Gasteiger partial charge is 0.469 e. The number of methoxy groups -OCH3 is 1. The second kappa shape index (κ2) is 6.35. The van der Waals surface area contributed by atoms with Gasteiger partial charge in [0.1, 0.15) is 6.67 Å². The van der Waals surface area contributed by atoms with Gasteiger partial charge in [-0.25, -0.2) is 9.37 Å². The van der Waals surface area contributed by atoms with Gasteiger partial charge in [0.2, 0.25) is 5.88 Å². The van der Waals surface area contributed by atoms with Gasteiger partial charge < -0.3 is 9.47 Å². The van der Waals surface area contributed by atoms with Crippen molar-refractivity contribution in [3.8, 4) is 5.88 Å². The largest absolute Gasteiger partial charge is 0.574 e. The number of halogens is 5. The second-order valence-corrected chi connectivity index (χ2v) is 4.39. The van der Waals surface area contributed by atoms with Crippen LogP contribution in [0.4, 0.5) is 17.6 Å². The molecule has 0 saturated heterocycles. The summed E-state index contributed by atoms with van der Waals surface area (Å²) in [6, 6.07) is 0. The Bertz CT molecular complexity index is 479. The van der Waals surface area contributed by atoms with Gasteiger partial charge in [0.15, 0.2) is 0 Å². The quantitative estimate of drug-likeness (QED) is 0.449. The number of carbonyl (C=O) groups is 1. The van der Waals surface area contributed by atoms with Crippen molar-refractivity contribution in [3.05, 3.63) is 20.9 Å². The number of rotatable bonds is 4. The van der Waals surface area contributed by atoms with E-state index in [0.29, 0.717) is 0 Å². The molecule has 9 heteroatoms. The number of ether oxygens (including phenoxy) is 2. The van der Waals surface area contributed by atoms with Crippen molar-refractivity contribution in [2.75, 3.05) is 7.11 Å². The molecule has 0 bridgehead atoms. The molecule has 106 valence electrons. The summed E-state index contributed by atoms with van der Waals surface area (Å²) in [5.74, 6) is -1.38. The molecule has 0 radical (unpaired) electrons. The van der Waals surface area contributed by atoms with E-state index in [1.54, 1.807) is 0 Å². The third-order valence-corrected chi connectivity index (χ3v) is 3.20. The molecule has 1 aromatic rings. The molecule has 0 aromatic carbocycles. The van der Waals surface area contributed by atoms with Gasteiger partial charge in [-0.15, -0.1) is 13.2 Å². The van der Waals surface area contributed by atoms with Crippen molar-refractivity contribution in [1.82, 2.24) is 4.98 Å². The first-order valence-corrected chi connectivity index (χ1v) is 5.91. The van der Waals surface area contributed by atoms with Gasteiger partial charge in [-0.1, -0.05) is 0 Å². The van der Waals surface area contributed by atoms with Gasteiger partial charge in [0.05, 0.1) is 17.1 Å². The number of pyridine rings is 1. The standard InChI is InChI=1S/C10H8F4INO3/c1-18-7(17)2-5-4-16-9(19-10(12,13)14)8(15)6(5)3-11/h4H,2-3H2,1H3. The third-order valence-electron chi connectivity index (χ3n) is 2.09. The molecule has 0 aliphatic carbocycles. The van der Waals surface area contributed by atoms with Crippen molar-refractivity contribution >= 4 is 28.6 Å². The fraction of sp³-hybridized carbons (Fsp3) is 0.400. The van der Waals surface area contributed by atoms with Gasteiger partial charge in [0, 0.05) is 11.8 Å². The van der Waals surface area contributed by atoms with Crippen LogP contribution in [-0.2, 0) is 22.6 Å². The highest BCUT2D eigenvalue weighted by Gasteiger charge is 2.33. The summed E-state index contributed by atoms with van der Waals surface area (Å²) < 4.78 is 57.1. The lowest BCUT2D eigenvalue weighted by atomic mass is 10.1. The minimum Gasteiger partial charge on any atom is -0.469 e. The number of hydrogen-bond donors (Lipinski definition) is 0. The van der Waals surface area contributed by atoms with Gasteiger partial charge >= 0.3 is 12.3 Å². The average Bonchev–Trinajstić information content (AvgIpc) is 2.31. The highest BCUT2D eigenvalue weighted by molar-refractivity contribution is 14.1. The Labute approximate surface area is 119 Å². The third kappa shape index (κ3) is 4.48. The summed E-state index contributed by atoms with van der Waals surface area (Å²) >= 11 is 1.49. The van der Waals surface area contributed by atoms with E-state index in [4.69, 9.17) is 0 Å². The lowest BCUT2D eigenvalue weighted by Gasteiger charge is -2.13. The number of carbonyl (C=O) groups excluding carboxylic acids is 1. The van der Waals surface area contributed by atoms with Gasteiger partial charge in [-0.05, 0) is 28.2 Å². The zero-order chi connectivity index (χ0) is 14.6. The number of hydrogen-bond acceptors (Lipinski definition) is 4. The minimum atomic E-state index is -4.91. The van der Waals surface area contributed by atoms with Crippen LogP contribution in [0.15, 0.2) is 6.20 Å². The summed E-state index contributed by atoms with van der Waals surface area (Å²) in [5.41, 5.74) is 0.0912. The SMILES string of the molecule is COC(=O)Cc1cnc(OC(F)(F)F)c(I)c1CF. The second-order valence-electron chi connectivity index (χ2n) is 3.32. The van der Waals surface area contributed by atoms with Crippen LogP contribution < -0.4 is 4.74 Å². The number of esters is 1. The molecular weight excluding hydrogens is 385 g/mol. The maximum absolute atomic E-state index is 12.9. The first-order valence-electron chi connectivity index (χ1n) is 4.83. The van der Waals surface area contributed by atoms with Crippen molar-refractivity contribution in [2.24, 2.45) is 0 Å². The van der Waals surface area contributed by atoms with Crippen molar-refractivity contribution in [2.45, 2.75) is 19.5 Å². The molecule has 0 spiro atoms. The molecule has 0 aliphatic rings. The Morgan fingerprint density at radius 3 is 2.58 bits per heavy atom. The van der Waals surface area contributed by atoms with Crippen LogP contribution in [0.25, 0.3) is 0 Å². The van der Waals surface area contributed by atoms with Crippen LogP contribution in [0.5, 0.6) is 5.88 Å². The maximum Gasteiger partial charge on any atom is 0.574 e. The zero-order valence-electron chi connectivity index (χ0n) is 9.55. The van der Waals surface area contributed by atoms with Gasteiger partial charge in [0.25, 0.3) is 0 Å². The number of alkyl halides is 4. The summed E-state index contributed by atoms with van der Waals surface area (Å²) in [5, 5.41) is 0. The molecule has 0 amide bonds. The molecule has 19 heavy (non-hydrogen) atoms. The monoisotopic (exact) mass is 393 g/mol. The Hall–Kier alpha value is -1.13. The Morgan fingerprint density at radius 2 is 2.11 bits per heavy atom. The highest BCUT2D eigenvalue weighted by atomic mass is 127. The van der Waals surface area contributed by atoms with Crippen LogP contribution in [0.1, 0.15) is 11.1 Å². The average molecular weight is 393 g/mol. The highest BCUT2D eigenvalue weighted by Crippen LogP contribution is 2.30. The van der Waals surface area contributed by atoms with Crippen LogP contribution in [0.2, 0.25) is 0 Å². The number of nitrogens with zero attached hydrogens (tertiary/aromatic N) is 1. The van der Waals surface area contributed by atoms with E-state index >= 15 is 0 Å². The summed E-state index contributed by atoms with van der Waals surface area (Å²) in [6.45, 7) is -1.04. The summed E-state index contributed by atoms with van der Waals surface area (Å²) in [4.78, 5) is 14.5. The Balaban J connectivity index is 3.12. The number of aromatic nitrogens is 1. The Morgan fingerprint density at radius 1 is 1.47 bits per heavy atom. The molecule has 0 unspecified atom stereocenters. The minimum absolute atomic E-state index is 0.0692. The first kappa shape index (κ1) is 15.9. The predicted molar refractivity (Wildman–Crippen MR) is 64.2 cm³/mol. The zero-order valence-corrected chi connectivity index (χ0v) is 11.7. The van der Waals surface area contributed by atoms with E-state index in [0.717, 1.165) is 13.3 Å². The summed E-state index contributed by atoms with van der Waals surface area (Å²) in [7, 11) is 1.15. The lowest BCUT2D eigenvalue weighted by Crippen LogP contribution is -2.19. The maximum atomic E-state index is 12.9. The van der Waals surface area contributed by atoms with E-state index in [2.05, 4.69) is 14.5 Å². The van der Waals surface area contributed by atoms with Crippen LogP contribution >= 0.6 is 22.6 Å². The molecule has 0 fully saturated rings. The fourth-order valence-electron chi connectivity index (χ4n) is 1.25. The van der Waals surface area contributed by atoms with Crippen LogP contribution in [0, 0.1) is 3.57 Å². The molecule has 0 aliphatic heterocycles. The molecular formula is C10H8F4INO3. The first-order chi connectivity index (χ1) is 8.78.